The highest BCUT2D eigenvalue weighted by Gasteiger charge is 2.42. The zero-order valence-electron chi connectivity index (χ0n) is 12.7. The van der Waals surface area contributed by atoms with Gasteiger partial charge in [-0.05, 0) is 19.3 Å². The average molecular weight is 365 g/mol. The van der Waals surface area contributed by atoms with E-state index in [1.807, 2.05) is 0 Å². The van der Waals surface area contributed by atoms with Gasteiger partial charge in [-0.2, -0.15) is 13.2 Å². The summed E-state index contributed by atoms with van der Waals surface area (Å²) in [7, 11) is 2.18. The lowest BCUT2D eigenvalue weighted by molar-refractivity contribution is -0.187. The number of nitrogens with two attached hydrogens (primary N) is 1. The molecule has 1 atom stereocenters. The molecule has 23 heavy (non-hydrogen) atoms. The minimum Gasteiger partial charge on any atom is -0.468 e. The predicted molar refractivity (Wildman–Crippen MR) is 75.7 cm³/mol. The maximum absolute atomic E-state index is 12.4. The van der Waals surface area contributed by atoms with E-state index in [0.29, 0.717) is 11.3 Å². The number of hydrogen-bond donors (Lipinski definition) is 1. The van der Waals surface area contributed by atoms with Crippen molar-refractivity contribution in [1.29, 1.82) is 0 Å². The first-order valence-electron chi connectivity index (χ1n) is 6.39. The molecule has 7 nitrogen and oxygen atoms in total. The van der Waals surface area contributed by atoms with E-state index in [9.17, 15) is 27.6 Å². The Morgan fingerprint density at radius 1 is 1.13 bits per heavy atom. The summed E-state index contributed by atoms with van der Waals surface area (Å²) >= 11 is 0. The highest BCUT2D eigenvalue weighted by Crippen LogP contribution is 2.19. The van der Waals surface area contributed by atoms with Crippen molar-refractivity contribution in [3.8, 4) is 0 Å². The number of hydrogen-bond acceptors (Lipinski definition) is 6. The van der Waals surface area contributed by atoms with Crippen molar-refractivity contribution in [2.45, 2.75) is 31.5 Å². The molecule has 0 saturated heterocycles. The van der Waals surface area contributed by atoms with Crippen LogP contribution in [0.25, 0.3) is 0 Å². The van der Waals surface area contributed by atoms with E-state index in [0.717, 1.165) is 7.11 Å². The van der Waals surface area contributed by atoms with Gasteiger partial charge >= 0.3 is 24.0 Å². The predicted octanol–water partition coefficient (Wildman–Crippen LogP) is 0.643. The average Bonchev–Trinajstić information content (AvgIpc) is 2.46. The molecule has 0 aliphatic rings. The molecule has 0 fully saturated rings. The number of methoxy groups -OCH3 is 2. The van der Waals surface area contributed by atoms with Gasteiger partial charge in [0.25, 0.3) is 0 Å². The summed E-state index contributed by atoms with van der Waals surface area (Å²) in [6, 6.07) is -0.877. The number of amides is 1. The van der Waals surface area contributed by atoms with Crippen LogP contribution < -0.4 is 5.73 Å². The van der Waals surface area contributed by atoms with Gasteiger partial charge in [0.2, 0.25) is 0 Å². The van der Waals surface area contributed by atoms with Crippen LogP contribution in [0, 0.1) is 0 Å². The molecule has 0 aliphatic carbocycles. The van der Waals surface area contributed by atoms with Gasteiger partial charge in [0.05, 0.1) is 14.2 Å². The Bertz CT molecular complexity index is 407. The second-order valence-corrected chi connectivity index (χ2v) is 4.43. The molecule has 11 heteroatoms. The van der Waals surface area contributed by atoms with E-state index < -0.39 is 36.6 Å². The van der Waals surface area contributed by atoms with Gasteiger partial charge in [-0.15, -0.1) is 12.4 Å². The molecule has 0 rings (SSSR count). The number of carbonyl (C=O) groups excluding carboxylic acids is 3. The first-order chi connectivity index (χ1) is 10.1. The molecule has 0 radical (unpaired) electrons. The Morgan fingerprint density at radius 2 is 1.70 bits per heavy atom. The SMILES string of the molecule is COC(=O)CN(CCCCC(N)C(=O)OC)C(=O)C(F)(F)F.Cl. The van der Waals surface area contributed by atoms with Gasteiger partial charge in [0.15, 0.2) is 0 Å². The van der Waals surface area contributed by atoms with E-state index in [1.165, 1.54) is 7.11 Å². The number of halogens is 4. The van der Waals surface area contributed by atoms with Crippen molar-refractivity contribution in [2.75, 3.05) is 27.3 Å². The molecule has 2 N–H and O–H groups in total. The highest BCUT2D eigenvalue weighted by atomic mass is 35.5. The van der Waals surface area contributed by atoms with E-state index in [4.69, 9.17) is 5.73 Å². The maximum Gasteiger partial charge on any atom is 0.471 e. The first-order valence-corrected chi connectivity index (χ1v) is 6.39. The molecule has 0 saturated carbocycles. The molecule has 0 aliphatic heterocycles. The summed E-state index contributed by atoms with van der Waals surface area (Å²) < 4.78 is 45.9. The highest BCUT2D eigenvalue weighted by molar-refractivity contribution is 5.86. The molecule has 1 unspecified atom stereocenters. The number of rotatable bonds is 8. The lowest BCUT2D eigenvalue weighted by Crippen LogP contribution is -2.44. The van der Waals surface area contributed by atoms with Crippen LogP contribution in [0.2, 0.25) is 0 Å². The van der Waals surface area contributed by atoms with Crippen molar-refractivity contribution in [3.05, 3.63) is 0 Å². The third kappa shape index (κ3) is 9.24. The Kier molecular flexibility index (Phi) is 11.4. The first kappa shape index (κ1) is 23.7. The van der Waals surface area contributed by atoms with Crippen LogP contribution in [0.5, 0.6) is 0 Å². The number of nitrogens with zero attached hydrogens (tertiary/aromatic N) is 1. The van der Waals surface area contributed by atoms with Crippen LogP contribution >= 0.6 is 12.4 Å². The fourth-order valence-corrected chi connectivity index (χ4v) is 1.59. The van der Waals surface area contributed by atoms with Crippen LogP contribution in [0.15, 0.2) is 0 Å². The van der Waals surface area contributed by atoms with Crippen LogP contribution in [-0.2, 0) is 23.9 Å². The Balaban J connectivity index is 0. The lowest BCUT2D eigenvalue weighted by Gasteiger charge is -2.22. The summed E-state index contributed by atoms with van der Waals surface area (Å²) in [4.78, 5) is 33.7. The number of ether oxygens (including phenoxy) is 2. The molecular weight excluding hydrogens is 345 g/mol. The Hall–Kier alpha value is -1.55. The molecule has 0 aromatic carbocycles. The van der Waals surface area contributed by atoms with E-state index >= 15 is 0 Å². The van der Waals surface area contributed by atoms with Gasteiger partial charge in [-0.25, -0.2) is 0 Å². The largest absolute Gasteiger partial charge is 0.471 e. The third-order valence-corrected chi connectivity index (χ3v) is 2.77. The van der Waals surface area contributed by atoms with Gasteiger partial charge in [0.1, 0.15) is 12.6 Å². The number of esters is 2. The van der Waals surface area contributed by atoms with Crippen molar-refractivity contribution >= 4 is 30.3 Å². The van der Waals surface area contributed by atoms with Crippen LogP contribution in [0.3, 0.4) is 0 Å². The summed E-state index contributed by atoms with van der Waals surface area (Å²) in [5.41, 5.74) is 5.47. The summed E-state index contributed by atoms with van der Waals surface area (Å²) in [5, 5.41) is 0. The second kappa shape index (κ2) is 11.1. The van der Waals surface area contributed by atoms with Crippen LogP contribution in [-0.4, -0.2) is 62.3 Å². The molecule has 1 amide bonds. The minimum atomic E-state index is -5.07. The van der Waals surface area contributed by atoms with Gasteiger partial charge in [-0.1, -0.05) is 0 Å². The van der Waals surface area contributed by atoms with Crippen molar-refractivity contribution < 1.29 is 37.0 Å². The van der Waals surface area contributed by atoms with E-state index in [1.54, 1.807) is 0 Å². The number of carbonyl (C=O) groups is 3. The topological polar surface area (TPSA) is 98.9 Å². The van der Waals surface area contributed by atoms with E-state index in [2.05, 4.69) is 9.47 Å². The Morgan fingerprint density at radius 3 is 2.13 bits per heavy atom. The molecule has 0 spiro atoms. The molecule has 136 valence electrons. The fourth-order valence-electron chi connectivity index (χ4n) is 1.59. The van der Waals surface area contributed by atoms with Crippen molar-refractivity contribution in [3.63, 3.8) is 0 Å². The smallest absolute Gasteiger partial charge is 0.468 e. The minimum absolute atomic E-state index is 0. The van der Waals surface area contributed by atoms with Gasteiger partial charge < -0.3 is 20.1 Å². The maximum atomic E-state index is 12.4. The molecule has 0 aromatic heterocycles. The number of unbranched alkanes of at least 4 members (excludes halogenated alkanes) is 1. The van der Waals surface area contributed by atoms with Crippen LogP contribution in [0.1, 0.15) is 19.3 Å². The monoisotopic (exact) mass is 364 g/mol. The standard InChI is InChI=1S/C12H19F3N2O5.ClH/c1-21-9(18)7-17(11(20)12(13,14)15)6-4-3-5-8(16)10(19)22-2;/h8H,3-7,16H2,1-2H3;1H. The second-order valence-electron chi connectivity index (χ2n) is 4.43. The quantitative estimate of drug-likeness (QED) is 0.501. The summed E-state index contributed by atoms with van der Waals surface area (Å²) in [5.74, 6) is -3.70. The lowest BCUT2D eigenvalue weighted by atomic mass is 10.1. The van der Waals surface area contributed by atoms with Crippen LogP contribution in [0.4, 0.5) is 13.2 Å². The molecule has 0 bridgehead atoms. The zero-order valence-corrected chi connectivity index (χ0v) is 13.5. The summed E-state index contributed by atoms with van der Waals surface area (Å²) in [6.45, 7) is -1.10. The van der Waals surface area contributed by atoms with E-state index in [-0.39, 0.29) is 31.8 Å². The normalized spacial score (nSPS) is 11.9. The zero-order chi connectivity index (χ0) is 17.3. The number of alkyl halides is 3. The molecule has 0 heterocycles. The third-order valence-electron chi connectivity index (χ3n) is 2.77. The molecular formula is C12H20ClF3N2O5. The molecule has 0 aromatic rings. The summed E-state index contributed by atoms with van der Waals surface area (Å²) in [6.07, 6.45) is -4.45. The van der Waals surface area contributed by atoms with Gasteiger partial charge in [-0.3, -0.25) is 14.4 Å². The fraction of sp³-hybridized carbons (Fsp3) is 0.750. The van der Waals surface area contributed by atoms with Crippen molar-refractivity contribution in [1.82, 2.24) is 4.90 Å². The Labute approximate surface area is 137 Å². The van der Waals surface area contributed by atoms with Crippen molar-refractivity contribution in [2.24, 2.45) is 5.73 Å². The van der Waals surface area contributed by atoms with Gasteiger partial charge in [0, 0.05) is 6.54 Å².